The van der Waals surface area contributed by atoms with Gasteiger partial charge in [-0.15, -0.1) is 5.23 Å². The van der Waals surface area contributed by atoms with Crippen LogP contribution in [0.5, 0.6) is 5.75 Å². The van der Waals surface area contributed by atoms with Crippen LogP contribution in [-0.4, -0.2) is 33.8 Å². The summed E-state index contributed by atoms with van der Waals surface area (Å²) in [5.41, 5.74) is 2.11. The molecule has 0 amide bonds. The van der Waals surface area contributed by atoms with Crippen LogP contribution in [0.2, 0.25) is 0 Å². The van der Waals surface area contributed by atoms with Gasteiger partial charge < -0.3 is 14.7 Å². The van der Waals surface area contributed by atoms with Crippen LogP contribution in [0.15, 0.2) is 48.5 Å². The van der Waals surface area contributed by atoms with Gasteiger partial charge in [-0.3, -0.25) is 15.2 Å². The van der Waals surface area contributed by atoms with E-state index in [1.54, 1.807) is 18.2 Å². The van der Waals surface area contributed by atoms with Crippen molar-refractivity contribution in [3.63, 3.8) is 0 Å². The van der Waals surface area contributed by atoms with Gasteiger partial charge in [-0.05, 0) is 68.7 Å². The monoisotopic (exact) mass is 410 g/mol. The molecule has 0 aliphatic carbocycles. The minimum absolute atomic E-state index is 0.0859. The molecule has 0 saturated carbocycles. The lowest BCUT2D eigenvalue weighted by atomic mass is 9.76. The Bertz CT molecular complexity index is 1000. The fraction of sp³-hybridized carbons (Fsp3) is 0.348. The van der Waals surface area contributed by atoms with Crippen molar-refractivity contribution in [1.82, 2.24) is 0 Å². The smallest absolute Gasteiger partial charge is 0.303 e. The van der Waals surface area contributed by atoms with Crippen molar-refractivity contribution in [2.24, 2.45) is 0 Å². The van der Waals surface area contributed by atoms with E-state index in [4.69, 9.17) is 9.84 Å². The van der Waals surface area contributed by atoms with E-state index in [1.165, 1.54) is 5.56 Å². The first-order valence-corrected chi connectivity index (χ1v) is 10.1. The molecule has 2 aliphatic rings. The molecule has 7 heteroatoms. The molecule has 158 valence electrons. The molecule has 3 N–H and O–H groups in total. The number of carbonyl (C=O) groups is 1. The summed E-state index contributed by atoms with van der Waals surface area (Å²) in [4.78, 5) is 13.1. The summed E-state index contributed by atoms with van der Waals surface area (Å²) < 4.78 is 6.64. The van der Waals surface area contributed by atoms with E-state index in [0.29, 0.717) is 18.7 Å². The number of aliphatic carboxylic acids is 1. The highest BCUT2D eigenvalue weighted by Gasteiger charge is 2.58. The average molecular weight is 410 g/mol. The zero-order chi connectivity index (χ0) is 21.5. The summed E-state index contributed by atoms with van der Waals surface area (Å²) >= 11 is 0. The number of hydrogen-bond acceptors (Lipinski definition) is 6. The molecule has 0 bridgehead atoms. The van der Waals surface area contributed by atoms with Crippen LogP contribution in [0.1, 0.15) is 44.2 Å². The highest BCUT2D eigenvalue weighted by molar-refractivity contribution is 5.73. The van der Waals surface area contributed by atoms with Crippen molar-refractivity contribution < 1.29 is 25.1 Å². The number of hydrogen-bond donors (Lipinski definition) is 3. The van der Waals surface area contributed by atoms with Gasteiger partial charge in [-0.25, -0.2) is 0 Å². The number of carboxylic acid groups (broad SMARTS) is 1. The molecular formula is C23H26N2O5. The second-order valence-corrected chi connectivity index (χ2v) is 8.29. The number of carboxylic acids is 1. The van der Waals surface area contributed by atoms with Crippen LogP contribution in [0.3, 0.4) is 0 Å². The molecule has 1 atom stereocenters. The molecule has 0 radical (unpaired) electrons. The first-order chi connectivity index (χ1) is 14.3. The lowest BCUT2D eigenvalue weighted by Crippen LogP contribution is -2.59. The number of benzene rings is 2. The van der Waals surface area contributed by atoms with Gasteiger partial charge in [0.25, 0.3) is 0 Å². The standard InChI is InChI=1S/C23H26N2O5/c1-22(2)18-7-3-4-8-19(18)24(14-6-5-9-21(26)27)23(22)13-12-16-15-17(25(28)29)10-11-20(16)30-23/h3-4,7-8,10-13,15,28-29H,5-6,9,14H2,1-2H3,(H,26,27). The quantitative estimate of drug-likeness (QED) is 0.479. The number of ether oxygens (including phenoxy) is 1. The molecular weight excluding hydrogens is 384 g/mol. The van der Waals surface area contributed by atoms with Crippen LogP contribution >= 0.6 is 0 Å². The Labute approximate surface area is 175 Å². The normalized spacial score (nSPS) is 20.6. The SMILES string of the molecule is CC1(C)c2ccccc2N(CCCCC(=O)O)C12C=Cc1cc(N(O)O)ccc1O2. The van der Waals surface area contributed by atoms with Crippen molar-refractivity contribution in [3.05, 3.63) is 59.7 Å². The number of nitrogens with zero attached hydrogens (tertiary/aromatic N) is 2. The first-order valence-electron chi connectivity index (χ1n) is 10.1. The second-order valence-electron chi connectivity index (χ2n) is 8.29. The lowest BCUT2D eigenvalue weighted by Gasteiger charge is -2.47. The first kappa shape index (κ1) is 20.3. The molecule has 2 aromatic carbocycles. The van der Waals surface area contributed by atoms with Crippen LogP contribution in [0, 0.1) is 0 Å². The molecule has 30 heavy (non-hydrogen) atoms. The topological polar surface area (TPSA) is 93.5 Å². The van der Waals surface area contributed by atoms with E-state index in [0.717, 1.165) is 17.7 Å². The maximum Gasteiger partial charge on any atom is 0.303 e. The van der Waals surface area contributed by atoms with Crippen LogP contribution in [-0.2, 0) is 10.2 Å². The van der Waals surface area contributed by atoms with Crippen molar-refractivity contribution in [2.45, 2.75) is 44.2 Å². The van der Waals surface area contributed by atoms with Gasteiger partial charge in [0.2, 0.25) is 5.72 Å². The Morgan fingerprint density at radius 3 is 2.63 bits per heavy atom. The van der Waals surface area contributed by atoms with Gasteiger partial charge in [0.1, 0.15) is 5.75 Å². The van der Waals surface area contributed by atoms with Gasteiger partial charge in [-0.2, -0.15) is 0 Å². The molecule has 1 spiro atoms. The fourth-order valence-electron chi connectivity index (χ4n) is 4.55. The van der Waals surface area contributed by atoms with E-state index in [2.05, 4.69) is 30.9 Å². The highest BCUT2D eigenvalue weighted by atomic mass is 16.8. The Kier molecular flexibility index (Phi) is 4.95. The molecule has 2 heterocycles. The minimum atomic E-state index is -0.785. The number of para-hydroxylation sites is 1. The third-order valence-electron chi connectivity index (χ3n) is 6.17. The van der Waals surface area contributed by atoms with E-state index < -0.39 is 11.7 Å². The van der Waals surface area contributed by atoms with E-state index in [9.17, 15) is 15.2 Å². The lowest BCUT2D eigenvalue weighted by molar-refractivity contribution is -0.137. The Balaban J connectivity index is 1.72. The zero-order valence-corrected chi connectivity index (χ0v) is 17.1. The van der Waals surface area contributed by atoms with Crippen molar-refractivity contribution in [3.8, 4) is 5.75 Å². The number of fused-ring (bicyclic) bond motifs is 2. The van der Waals surface area contributed by atoms with Crippen LogP contribution < -0.4 is 14.9 Å². The van der Waals surface area contributed by atoms with Gasteiger partial charge in [-0.1, -0.05) is 18.2 Å². The Morgan fingerprint density at radius 1 is 1.13 bits per heavy atom. The molecule has 0 aromatic heterocycles. The Hall–Kier alpha value is -3.03. The molecule has 1 unspecified atom stereocenters. The third-order valence-corrected chi connectivity index (χ3v) is 6.17. The van der Waals surface area contributed by atoms with E-state index in [1.807, 2.05) is 24.3 Å². The molecule has 0 saturated heterocycles. The van der Waals surface area contributed by atoms with E-state index >= 15 is 0 Å². The summed E-state index contributed by atoms with van der Waals surface area (Å²) in [6.45, 7) is 4.96. The maximum absolute atomic E-state index is 10.9. The number of unbranched alkanes of at least 4 members (excludes halogenated alkanes) is 1. The molecule has 4 rings (SSSR count). The van der Waals surface area contributed by atoms with Crippen LogP contribution in [0.4, 0.5) is 11.4 Å². The van der Waals surface area contributed by atoms with E-state index in [-0.39, 0.29) is 22.7 Å². The summed E-state index contributed by atoms with van der Waals surface area (Å²) in [6.07, 6.45) is 5.44. The van der Waals surface area contributed by atoms with Gasteiger partial charge in [0, 0.05) is 24.2 Å². The number of anilines is 2. The molecule has 2 aliphatic heterocycles. The summed E-state index contributed by atoms with van der Waals surface area (Å²) in [7, 11) is 0. The molecule has 2 aromatic rings. The minimum Gasteiger partial charge on any atom is -0.481 e. The molecule has 7 nitrogen and oxygen atoms in total. The molecule has 0 fully saturated rings. The highest BCUT2D eigenvalue weighted by Crippen LogP contribution is 2.55. The Morgan fingerprint density at radius 2 is 1.90 bits per heavy atom. The predicted molar refractivity (Wildman–Crippen MR) is 113 cm³/mol. The summed E-state index contributed by atoms with van der Waals surface area (Å²) in [6, 6.07) is 13.2. The van der Waals surface area contributed by atoms with Crippen molar-refractivity contribution >= 4 is 23.4 Å². The summed E-state index contributed by atoms with van der Waals surface area (Å²) in [5.74, 6) is -0.133. The predicted octanol–water partition coefficient (Wildman–Crippen LogP) is 4.43. The van der Waals surface area contributed by atoms with Gasteiger partial charge in [0.05, 0.1) is 11.1 Å². The second kappa shape index (κ2) is 7.34. The van der Waals surface area contributed by atoms with Gasteiger partial charge in [0.15, 0.2) is 0 Å². The third kappa shape index (κ3) is 3.11. The van der Waals surface area contributed by atoms with Gasteiger partial charge >= 0.3 is 5.97 Å². The maximum atomic E-state index is 10.9. The largest absolute Gasteiger partial charge is 0.481 e. The zero-order valence-electron chi connectivity index (χ0n) is 17.1. The van der Waals surface area contributed by atoms with Crippen LogP contribution in [0.25, 0.3) is 6.08 Å². The fourth-order valence-corrected chi connectivity index (χ4v) is 4.55. The summed E-state index contributed by atoms with van der Waals surface area (Å²) in [5, 5.41) is 27.7. The van der Waals surface area contributed by atoms with Crippen molar-refractivity contribution in [1.29, 1.82) is 0 Å². The number of rotatable bonds is 6. The van der Waals surface area contributed by atoms with Crippen molar-refractivity contribution in [2.75, 3.05) is 16.7 Å². The average Bonchev–Trinajstić information content (AvgIpc) is 2.89.